The topological polar surface area (TPSA) is 131 Å². The van der Waals surface area contributed by atoms with Gasteiger partial charge in [-0.15, -0.1) is 11.3 Å². The number of rotatable bonds is 8. The predicted molar refractivity (Wildman–Crippen MR) is 123 cm³/mol. The van der Waals surface area contributed by atoms with E-state index in [0.717, 1.165) is 22.5 Å². The molecule has 0 saturated heterocycles. The molecule has 9 nitrogen and oxygen atoms in total. The predicted octanol–water partition coefficient (Wildman–Crippen LogP) is 4.05. The molecule has 0 aliphatic rings. The van der Waals surface area contributed by atoms with Gasteiger partial charge in [0.15, 0.2) is 0 Å². The van der Waals surface area contributed by atoms with Crippen LogP contribution in [0.1, 0.15) is 32.1 Å². The Balaban J connectivity index is 1.91. The van der Waals surface area contributed by atoms with E-state index < -0.39 is 15.9 Å². The summed E-state index contributed by atoms with van der Waals surface area (Å²) in [6, 6.07) is 3.17. The maximum atomic E-state index is 13.0. The van der Waals surface area contributed by atoms with Gasteiger partial charge in [0.25, 0.3) is 21.8 Å². The summed E-state index contributed by atoms with van der Waals surface area (Å²) in [4.78, 5) is 12.8. The van der Waals surface area contributed by atoms with Crippen molar-refractivity contribution in [3.8, 4) is 5.75 Å². The summed E-state index contributed by atoms with van der Waals surface area (Å²) >= 11 is 6.98. The molecule has 3 N–H and O–H groups in total. The highest BCUT2D eigenvalue weighted by molar-refractivity contribution is 7.93. The van der Waals surface area contributed by atoms with Crippen molar-refractivity contribution in [2.24, 2.45) is 0 Å². The van der Waals surface area contributed by atoms with Gasteiger partial charge in [0, 0.05) is 5.56 Å². The molecule has 0 bridgehead atoms. The number of sulfonamides is 1. The minimum absolute atomic E-state index is 0.0120. The van der Waals surface area contributed by atoms with Crippen LogP contribution in [0.25, 0.3) is 0 Å². The lowest BCUT2D eigenvalue weighted by Gasteiger charge is -2.18. The zero-order chi connectivity index (χ0) is 23.6. The fourth-order valence-corrected chi connectivity index (χ4v) is 5.67. The maximum Gasteiger partial charge on any atom is 0.267 e. The van der Waals surface area contributed by atoms with Crippen LogP contribution in [0, 0.1) is 27.7 Å². The van der Waals surface area contributed by atoms with Gasteiger partial charge in [0.1, 0.15) is 32.8 Å². The number of carbonyl (C=O) groups is 1. The van der Waals surface area contributed by atoms with Gasteiger partial charge in [-0.05, 0) is 50.3 Å². The molecule has 2 aromatic heterocycles. The summed E-state index contributed by atoms with van der Waals surface area (Å²) in [6.07, 6.45) is 0. The Kier molecular flexibility index (Phi) is 7.13. The van der Waals surface area contributed by atoms with Gasteiger partial charge in [-0.2, -0.15) is 0 Å². The van der Waals surface area contributed by atoms with E-state index in [4.69, 9.17) is 26.0 Å². The largest absolute Gasteiger partial charge is 0.491 e. The highest BCUT2D eigenvalue weighted by Crippen LogP contribution is 2.34. The second kappa shape index (κ2) is 9.49. The number of aryl methyl sites for hydroxylation is 3. The molecule has 3 rings (SSSR count). The molecule has 0 spiro atoms. The fraction of sp³-hybridized carbons (Fsp3) is 0.300. The van der Waals surface area contributed by atoms with Gasteiger partial charge in [0.05, 0.1) is 12.3 Å². The summed E-state index contributed by atoms with van der Waals surface area (Å²) in [5.74, 6) is -0.267. The van der Waals surface area contributed by atoms with E-state index in [-0.39, 0.29) is 33.9 Å². The number of amides is 1. The van der Waals surface area contributed by atoms with Gasteiger partial charge in [0.2, 0.25) is 0 Å². The fourth-order valence-electron chi connectivity index (χ4n) is 3.17. The number of benzene rings is 1. The second-order valence-corrected chi connectivity index (χ2v) is 9.94. The molecule has 0 radical (unpaired) electrons. The summed E-state index contributed by atoms with van der Waals surface area (Å²) in [7, 11) is -4.17. The van der Waals surface area contributed by atoms with Gasteiger partial charge < -0.3 is 19.7 Å². The Hall–Kier alpha value is -2.60. The lowest BCUT2D eigenvalue weighted by atomic mass is 10.0. The van der Waals surface area contributed by atoms with Crippen LogP contribution < -0.4 is 14.8 Å². The van der Waals surface area contributed by atoms with E-state index in [0.29, 0.717) is 22.7 Å². The first-order chi connectivity index (χ1) is 15.1. The molecule has 0 aliphatic carbocycles. The third-order valence-corrected chi connectivity index (χ3v) is 7.48. The van der Waals surface area contributed by atoms with Crippen LogP contribution in [0.5, 0.6) is 5.75 Å². The Morgan fingerprint density at radius 1 is 1.28 bits per heavy atom. The second-order valence-electron chi connectivity index (χ2n) is 7.00. The standard InChI is InChI=1S/C20H22ClN3O6S2/c1-10-9-11(2)17(29-7-6-25)12(3)16(10)22-19(26)18-14(5-8-31-18)32(27,28)24-20-15(21)13(4)23-30-20/h5,8-9,24-25H,6-7H2,1-4H3,(H,22,26). The minimum atomic E-state index is -4.17. The van der Waals surface area contributed by atoms with Crippen LogP contribution in [0.2, 0.25) is 5.02 Å². The van der Waals surface area contributed by atoms with Crippen LogP contribution in [0.4, 0.5) is 11.6 Å². The van der Waals surface area contributed by atoms with Crippen molar-refractivity contribution in [3.63, 3.8) is 0 Å². The van der Waals surface area contributed by atoms with Gasteiger partial charge in [-0.25, -0.2) is 13.1 Å². The van der Waals surface area contributed by atoms with Gasteiger partial charge in [-0.3, -0.25) is 4.79 Å². The molecule has 0 aliphatic heterocycles. The number of nitrogens with one attached hydrogen (secondary N) is 2. The molecule has 172 valence electrons. The van der Waals surface area contributed by atoms with E-state index >= 15 is 0 Å². The Morgan fingerprint density at radius 3 is 2.62 bits per heavy atom. The first-order valence-corrected chi connectivity index (χ1v) is 12.2. The SMILES string of the molecule is Cc1cc(C)c(OCCO)c(C)c1NC(=O)c1sccc1S(=O)(=O)Nc1onc(C)c1Cl. The van der Waals surface area contributed by atoms with Crippen molar-refractivity contribution in [2.45, 2.75) is 32.6 Å². The van der Waals surface area contributed by atoms with Crippen molar-refractivity contribution in [3.05, 3.63) is 49.8 Å². The molecule has 1 amide bonds. The lowest BCUT2D eigenvalue weighted by Crippen LogP contribution is -2.19. The zero-order valence-electron chi connectivity index (χ0n) is 17.8. The van der Waals surface area contributed by atoms with E-state index in [1.807, 2.05) is 19.9 Å². The quantitative estimate of drug-likeness (QED) is 0.426. The highest BCUT2D eigenvalue weighted by Gasteiger charge is 2.27. The number of aliphatic hydroxyl groups excluding tert-OH is 1. The lowest BCUT2D eigenvalue weighted by molar-refractivity contribution is 0.102. The van der Waals surface area contributed by atoms with Crippen LogP contribution in [-0.2, 0) is 10.0 Å². The molecule has 0 saturated carbocycles. The van der Waals surface area contributed by atoms with Crippen molar-refractivity contribution in [1.82, 2.24) is 5.16 Å². The van der Waals surface area contributed by atoms with Crippen molar-refractivity contribution in [2.75, 3.05) is 23.3 Å². The molecule has 32 heavy (non-hydrogen) atoms. The third kappa shape index (κ3) is 4.75. The number of hydrogen-bond acceptors (Lipinski definition) is 8. The normalized spacial score (nSPS) is 11.4. The summed E-state index contributed by atoms with van der Waals surface area (Å²) in [6.45, 7) is 7.01. The van der Waals surface area contributed by atoms with Gasteiger partial charge in [-0.1, -0.05) is 22.8 Å². The van der Waals surface area contributed by atoms with Crippen molar-refractivity contribution < 1.29 is 27.6 Å². The average Bonchev–Trinajstić information content (AvgIpc) is 3.34. The maximum absolute atomic E-state index is 13.0. The summed E-state index contributed by atoms with van der Waals surface area (Å²) < 4.78 is 38.5. The van der Waals surface area contributed by atoms with Crippen LogP contribution in [0.15, 0.2) is 26.9 Å². The van der Waals surface area contributed by atoms with Crippen LogP contribution in [-0.4, -0.2) is 37.8 Å². The number of hydrogen-bond donors (Lipinski definition) is 3. The molecule has 12 heteroatoms. The Labute approximate surface area is 194 Å². The van der Waals surface area contributed by atoms with Crippen molar-refractivity contribution >= 4 is 50.4 Å². The molecule has 1 aromatic carbocycles. The Bertz CT molecular complexity index is 1270. The highest BCUT2D eigenvalue weighted by atomic mass is 35.5. The number of halogens is 1. The summed E-state index contributed by atoms with van der Waals surface area (Å²) in [5, 5.41) is 17.0. The number of aromatic nitrogens is 1. The third-order valence-electron chi connectivity index (χ3n) is 4.62. The van der Waals surface area contributed by atoms with Gasteiger partial charge >= 0.3 is 0 Å². The van der Waals surface area contributed by atoms with Crippen LogP contribution in [0.3, 0.4) is 0 Å². The van der Waals surface area contributed by atoms with E-state index in [1.165, 1.54) is 11.4 Å². The number of thiophene rings is 1. The monoisotopic (exact) mass is 499 g/mol. The molecular formula is C20H22ClN3O6S2. The number of carbonyl (C=O) groups excluding carboxylic acids is 1. The smallest absolute Gasteiger partial charge is 0.267 e. The minimum Gasteiger partial charge on any atom is -0.491 e. The van der Waals surface area contributed by atoms with E-state index in [1.54, 1.807) is 13.8 Å². The average molecular weight is 500 g/mol. The first kappa shape index (κ1) is 24.1. The summed E-state index contributed by atoms with van der Waals surface area (Å²) in [5.41, 5.74) is 3.15. The molecule has 0 unspecified atom stereocenters. The molecule has 2 heterocycles. The molecule has 3 aromatic rings. The van der Waals surface area contributed by atoms with Crippen LogP contribution >= 0.6 is 22.9 Å². The van der Waals surface area contributed by atoms with Crippen molar-refractivity contribution in [1.29, 1.82) is 0 Å². The molecule has 0 fully saturated rings. The number of ether oxygens (including phenoxy) is 1. The number of aliphatic hydroxyl groups is 1. The van der Waals surface area contributed by atoms with E-state index in [9.17, 15) is 13.2 Å². The number of nitrogens with zero attached hydrogens (tertiary/aromatic N) is 1. The Morgan fingerprint density at radius 2 is 2.00 bits per heavy atom. The zero-order valence-corrected chi connectivity index (χ0v) is 20.2. The molecule has 0 atom stereocenters. The number of anilines is 2. The van der Waals surface area contributed by atoms with E-state index in [2.05, 4.69) is 15.2 Å². The first-order valence-electron chi connectivity index (χ1n) is 9.44. The molecular weight excluding hydrogens is 478 g/mol.